The molecule has 0 saturated carbocycles. The molecule has 0 aliphatic carbocycles. The van der Waals surface area contributed by atoms with Crippen molar-refractivity contribution in [2.24, 2.45) is 0 Å². The molecule has 2 rings (SSSR count). The Hall–Kier alpha value is -2.34. The molecule has 116 valence electrons. The summed E-state index contributed by atoms with van der Waals surface area (Å²) < 4.78 is 25.0. The average Bonchev–Trinajstić information content (AvgIpc) is 2.54. The van der Waals surface area contributed by atoms with Crippen molar-refractivity contribution in [1.82, 2.24) is 5.32 Å². The lowest BCUT2D eigenvalue weighted by Gasteiger charge is -2.09. The van der Waals surface area contributed by atoms with Crippen LogP contribution in [0.15, 0.2) is 64.4 Å². The zero-order valence-electron chi connectivity index (χ0n) is 12.2. The van der Waals surface area contributed by atoms with Gasteiger partial charge in [0.25, 0.3) is 0 Å². The van der Waals surface area contributed by atoms with Gasteiger partial charge in [0, 0.05) is 12.2 Å². The molecule has 0 aliphatic heterocycles. The van der Waals surface area contributed by atoms with E-state index in [0.717, 1.165) is 0 Å². The minimum absolute atomic E-state index is 0.0999. The third kappa shape index (κ3) is 3.85. The number of hydrogen-bond acceptors (Lipinski definition) is 4. The van der Waals surface area contributed by atoms with Crippen LogP contribution < -0.4 is 10.6 Å². The molecule has 0 bridgehead atoms. The predicted molar refractivity (Wildman–Crippen MR) is 85.5 cm³/mol. The van der Waals surface area contributed by atoms with Crippen LogP contribution in [-0.2, 0) is 14.6 Å². The van der Waals surface area contributed by atoms with Crippen molar-refractivity contribution in [2.75, 3.05) is 18.4 Å². The fourth-order valence-electron chi connectivity index (χ4n) is 1.95. The number of nitrogens with one attached hydrogen (secondary N) is 2. The van der Waals surface area contributed by atoms with Crippen LogP contribution in [0.2, 0.25) is 0 Å². The molecule has 5 nitrogen and oxygen atoms in total. The SMILES string of the molecule is CCNC(=O)CNc1cccc(S(=O)(=O)c2ccccc2)c1. The molecule has 0 radical (unpaired) electrons. The van der Waals surface area contributed by atoms with Crippen molar-refractivity contribution in [2.45, 2.75) is 16.7 Å². The summed E-state index contributed by atoms with van der Waals surface area (Å²) in [6.07, 6.45) is 0. The third-order valence-corrected chi connectivity index (χ3v) is 4.79. The Morgan fingerprint density at radius 3 is 2.36 bits per heavy atom. The minimum Gasteiger partial charge on any atom is -0.376 e. The van der Waals surface area contributed by atoms with Crippen LogP contribution in [-0.4, -0.2) is 27.4 Å². The number of amides is 1. The van der Waals surface area contributed by atoms with Crippen LogP contribution in [0, 0.1) is 0 Å². The van der Waals surface area contributed by atoms with Crippen molar-refractivity contribution in [3.05, 3.63) is 54.6 Å². The smallest absolute Gasteiger partial charge is 0.239 e. The van der Waals surface area contributed by atoms with Crippen molar-refractivity contribution < 1.29 is 13.2 Å². The Kier molecular flexibility index (Phi) is 5.16. The largest absolute Gasteiger partial charge is 0.376 e. The van der Waals surface area contributed by atoms with Crippen LogP contribution in [0.3, 0.4) is 0 Å². The normalized spacial score (nSPS) is 11.0. The van der Waals surface area contributed by atoms with E-state index in [2.05, 4.69) is 10.6 Å². The van der Waals surface area contributed by atoms with Gasteiger partial charge in [-0.25, -0.2) is 8.42 Å². The highest BCUT2D eigenvalue weighted by atomic mass is 32.2. The highest BCUT2D eigenvalue weighted by Gasteiger charge is 2.17. The number of sulfone groups is 1. The number of benzene rings is 2. The quantitative estimate of drug-likeness (QED) is 0.855. The molecule has 6 heteroatoms. The van der Waals surface area contributed by atoms with E-state index in [-0.39, 0.29) is 22.2 Å². The molecule has 22 heavy (non-hydrogen) atoms. The molecular weight excluding hydrogens is 300 g/mol. The second-order valence-electron chi connectivity index (χ2n) is 4.65. The van der Waals surface area contributed by atoms with Gasteiger partial charge in [0.15, 0.2) is 0 Å². The van der Waals surface area contributed by atoms with Gasteiger partial charge < -0.3 is 10.6 Å². The van der Waals surface area contributed by atoms with Crippen molar-refractivity contribution in [3.63, 3.8) is 0 Å². The first-order chi connectivity index (χ1) is 10.5. The van der Waals surface area contributed by atoms with Crippen molar-refractivity contribution in [1.29, 1.82) is 0 Å². The molecule has 0 saturated heterocycles. The van der Waals surface area contributed by atoms with Crippen LogP contribution in [0.1, 0.15) is 6.92 Å². The van der Waals surface area contributed by atoms with Gasteiger partial charge >= 0.3 is 0 Å². The second kappa shape index (κ2) is 7.09. The summed E-state index contributed by atoms with van der Waals surface area (Å²) in [5.74, 6) is -0.140. The van der Waals surface area contributed by atoms with E-state index in [0.29, 0.717) is 12.2 Å². The summed E-state index contributed by atoms with van der Waals surface area (Å²) in [5.41, 5.74) is 0.586. The lowest BCUT2D eigenvalue weighted by atomic mass is 10.3. The zero-order chi connectivity index (χ0) is 16.0. The van der Waals surface area contributed by atoms with E-state index < -0.39 is 9.84 Å². The Morgan fingerprint density at radius 1 is 1.00 bits per heavy atom. The van der Waals surface area contributed by atoms with Crippen LogP contribution in [0.5, 0.6) is 0 Å². The molecule has 0 heterocycles. The van der Waals surface area contributed by atoms with E-state index in [1.807, 2.05) is 6.92 Å². The number of anilines is 1. The first-order valence-corrected chi connectivity index (χ1v) is 8.43. The summed E-state index contributed by atoms with van der Waals surface area (Å²) in [6, 6.07) is 14.7. The molecule has 0 atom stereocenters. The van der Waals surface area contributed by atoms with Gasteiger partial charge in [-0.15, -0.1) is 0 Å². The Labute approximate surface area is 130 Å². The average molecular weight is 318 g/mol. The van der Waals surface area contributed by atoms with E-state index in [1.54, 1.807) is 48.5 Å². The fraction of sp³-hybridized carbons (Fsp3) is 0.188. The van der Waals surface area contributed by atoms with Gasteiger partial charge in [0.05, 0.1) is 16.3 Å². The molecule has 0 aromatic heterocycles. The summed E-state index contributed by atoms with van der Waals surface area (Å²) in [5, 5.41) is 5.58. The standard InChI is InChI=1S/C16H18N2O3S/c1-2-17-16(19)12-18-13-7-6-10-15(11-13)22(20,21)14-8-4-3-5-9-14/h3-11,18H,2,12H2,1H3,(H,17,19). The van der Waals surface area contributed by atoms with Gasteiger partial charge in [-0.1, -0.05) is 24.3 Å². The minimum atomic E-state index is -3.55. The number of likely N-dealkylation sites (N-methyl/N-ethyl adjacent to an activating group) is 1. The van der Waals surface area contributed by atoms with E-state index >= 15 is 0 Å². The van der Waals surface area contributed by atoms with Gasteiger partial charge in [-0.05, 0) is 37.3 Å². The fourth-order valence-corrected chi connectivity index (χ4v) is 3.28. The number of carbonyl (C=O) groups excluding carboxylic acids is 1. The van der Waals surface area contributed by atoms with Gasteiger partial charge in [-0.3, -0.25) is 4.79 Å². The first kappa shape index (κ1) is 16.0. The maximum atomic E-state index is 12.5. The van der Waals surface area contributed by atoms with Crippen LogP contribution >= 0.6 is 0 Å². The molecule has 0 fully saturated rings. The Morgan fingerprint density at radius 2 is 1.68 bits per heavy atom. The summed E-state index contributed by atoms with van der Waals surface area (Å²) in [6.45, 7) is 2.50. The monoisotopic (exact) mass is 318 g/mol. The Bertz CT molecular complexity index is 743. The van der Waals surface area contributed by atoms with E-state index in [4.69, 9.17) is 0 Å². The maximum absolute atomic E-state index is 12.5. The van der Waals surface area contributed by atoms with E-state index in [1.165, 1.54) is 6.07 Å². The molecule has 0 aliphatic rings. The molecule has 2 N–H and O–H groups in total. The molecule has 0 spiro atoms. The molecule has 0 unspecified atom stereocenters. The second-order valence-corrected chi connectivity index (χ2v) is 6.60. The maximum Gasteiger partial charge on any atom is 0.239 e. The van der Waals surface area contributed by atoms with Crippen LogP contribution in [0.25, 0.3) is 0 Å². The van der Waals surface area contributed by atoms with Gasteiger partial charge in [0.2, 0.25) is 15.7 Å². The predicted octanol–water partition coefficient (Wildman–Crippen LogP) is 2.07. The molecular formula is C16H18N2O3S. The number of carbonyl (C=O) groups is 1. The first-order valence-electron chi connectivity index (χ1n) is 6.95. The van der Waals surface area contributed by atoms with Gasteiger partial charge in [0.1, 0.15) is 0 Å². The zero-order valence-corrected chi connectivity index (χ0v) is 13.1. The van der Waals surface area contributed by atoms with E-state index in [9.17, 15) is 13.2 Å². The van der Waals surface area contributed by atoms with Crippen molar-refractivity contribution >= 4 is 21.4 Å². The molecule has 1 amide bonds. The number of hydrogen-bond donors (Lipinski definition) is 2. The van der Waals surface area contributed by atoms with Crippen LogP contribution in [0.4, 0.5) is 5.69 Å². The number of rotatable bonds is 6. The molecule has 2 aromatic carbocycles. The third-order valence-electron chi connectivity index (χ3n) is 3.02. The highest BCUT2D eigenvalue weighted by molar-refractivity contribution is 7.91. The van der Waals surface area contributed by atoms with Crippen molar-refractivity contribution in [3.8, 4) is 0 Å². The topological polar surface area (TPSA) is 75.3 Å². The molecule has 2 aromatic rings. The summed E-state index contributed by atoms with van der Waals surface area (Å²) >= 11 is 0. The summed E-state index contributed by atoms with van der Waals surface area (Å²) in [4.78, 5) is 11.9. The summed E-state index contributed by atoms with van der Waals surface area (Å²) in [7, 11) is -3.55. The lowest BCUT2D eigenvalue weighted by molar-refractivity contribution is -0.119. The highest BCUT2D eigenvalue weighted by Crippen LogP contribution is 2.22. The lowest BCUT2D eigenvalue weighted by Crippen LogP contribution is -2.29. The van der Waals surface area contributed by atoms with Gasteiger partial charge in [-0.2, -0.15) is 0 Å². The Balaban J connectivity index is 2.20.